The molecule has 0 bridgehead atoms. The van der Waals surface area contributed by atoms with Crippen molar-refractivity contribution in [2.45, 2.75) is 26.4 Å². The van der Waals surface area contributed by atoms with Crippen LogP contribution in [0.1, 0.15) is 40.2 Å². The molecule has 1 heterocycles. The van der Waals surface area contributed by atoms with Crippen LogP contribution in [0.2, 0.25) is 0 Å². The molecular formula is C15H17NO3. The summed E-state index contributed by atoms with van der Waals surface area (Å²) in [7, 11) is 0. The van der Waals surface area contributed by atoms with Crippen LogP contribution in [-0.2, 0) is 6.54 Å². The Morgan fingerprint density at radius 1 is 1.37 bits per heavy atom. The van der Waals surface area contributed by atoms with Crippen molar-refractivity contribution in [1.82, 2.24) is 5.32 Å². The molecule has 100 valence electrons. The predicted octanol–water partition coefficient (Wildman–Crippen LogP) is 3.14. The summed E-state index contributed by atoms with van der Waals surface area (Å²) in [4.78, 5) is 10.7. The maximum Gasteiger partial charge on any atom is 0.338 e. The number of aromatic carboxylic acids is 1. The van der Waals surface area contributed by atoms with Crippen molar-refractivity contribution in [2.75, 3.05) is 0 Å². The Morgan fingerprint density at radius 3 is 2.63 bits per heavy atom. The average Bonchev–Trinajstić information content (AvgIpc) is 2.86. The van der Waals surface area contributed by atoms with Crippen molar-refractivity contribution in [2.24, 2.45) is 0 Å². The Morgan fingerprint density at radius 2 is 2.05 bits per heavy atom. The summed E-state index contributed by atoms with van der Waals surface area (Å²) in [5.41, 5.74) is 2.60. The number of carboxylic acid groups (broad SMARTS) is 1. The molecule has 0 spiro atoms. The Kier molecular flexibility index (Phi) is 4.02. The van der Waals surface area contributed by atoms with Gasteiger partial charge < -0.3 is 14.8 Å². The highest BCUT2D eigenvalue weighted by Crippen LogP contribution is 2.15. The molecule has 19 heavy (non-hydrogen) atoms. The van der Waals surface area contributed by atoms with E-state index in [1.807, 2.05) is 0 Å². The van der Waals surface area contributed by atoms with E-state index in [4.69, 9.17) is 9.52 Å². The van der Waals surface area contributed by atoms with E-state index in [1.165, 1.54) is 23.5 Å². The van der Waals surface area contributed by atoms with Crippen LogP contribution in [0.4, 0.5) is 0 Å². The van der Waals surface area contributed by atoms with Gasteiger partial charge in [0.1, 0.15) is 12.0 Å². The third-order valence-electron chi connectivity index (χ3n) is 3.06. The standard InChI is InChI=1S/C15H17NO3/c1-10-3-5-12(6-4-10)11(2)16-8-14-7-13(9-19-14)15(17)18/h3-7,9,11,16H,8H2,1-2H3,(H,17,18). The number of hydrogen-bond donors (Lipinski definition) is 2. The summed E-state index contributed by atoms with van der Waals surface area (Å²) in [5, 5.41) is 12.1. The molecule has 2 rings (SSSR count). The number of rotatable bonds is 5. The smallest absolute Gasteiger partial charge is 0.338 e. The van der Waals surface area contributed by atoms with Crippen molar-refractivity contribution in [3.63, 3.8) is 0 Å². The molecule has 1 atom stereocenters. The molecule has 0 aliphatic heterocycles. The van der Waals surface area contributed by atoms with Crippen LogP contribution in [0.15, 0.2) is 41.0 Å². The fourth-order valence-corrected chi connectivity index (χ4v) is 1.81. The molecule has 0 aliphatic carbocycles. The normalized spacial score (nSPS) is 12.3. The topological polar surface area (TPSA) is 62.5 Å². The number of aryl methyl sites for hydroxylation is 1. The number of carbonyl (C=O) groups is 1. The minimum absolute atomic E-state index is 0.180. The molecule has 0 aliphatic rings. The molecular weight excluding hydrogens is 242 g/mol. The Labute approximate surface area is 112 Å². The summed E-state index contributed by atoms with van der Waals surface area (Å²) in [6.07, 6.45) is 1.26. The zero-order valence-electron chi connectivity index (χ0n) is 11.0. The van der Waals surface area contributed by atoms with Gasteiger partial charge in [-0.2, -0.15) is 0 Å². The summed E-state index contributed by atoms with van der Waals surface area (Å²) in [5.74, 6) is -0.349. The zero-order chi connectivity index (χ0) is 13.8. The van der Waals surface area contributed by atoms with E-state index >= 15 is 0 Å². The predicted molar refractivity (Wildman–Crippen MR) is 72.1 cm³/mol. The first-order chi connectivity index (χ1) is 9.06. The van der Waals surface area contributed by atoms with Crippen LogP contribution >= 0.6 is 0 Å². The third-order valence-corrected chi connectivity index (χ3v) is 3.06. The molecule has 0 saturated carbocycles. The van der Waals surface area contributed by atoms with Crippen molar-refractivity contribution < 1.29 is 14.3 Å². The highest BCUT2D eigenvalue weighted by Gasteiger charge is 2.10. The Balaban J connectivity index is 1.94. The van der Waals surface area contributed by atoms with Gasteiger partial charge in [-0.15, -0.1) is 0 Å². The maximum atomic E-state index is 10.7. The molecule has 0 radical (unpaired) electrons. The van der Waals surface area contributed by atoms with Crippen LogP contribution in [0.5, 0.6) is 0 Å². The largest absolute Gasteiger partial charge is 0.478 e. The highest BCUT2D eigenvalue weighted by molar-refractivity contribution is 5.87. The lowest BCUT2D eigenvalue weighted by Gasteiger charge is -2.13. The molecule has 1 unspecified atom stereocenters. The summed E-state index contributed by atoms with van der Waals surface area (Å²) < 4.78 is 5.19. The van der Waals surface area contributed by atoms with Crippen LogP contribution in [0.25, 0.3) is 0 Å². The van der Waals surface area contributed by atoms with Crippen molar-refractivity contribution >= 4 is 5.97 Å². The lowest BCUT2D eigenvalue weighted by molar-refractivity contribution is 0.0696. The summed E-state index contributed by atoms with van der Waals surface area (Å²) in [6, 6.07) is 10.0. The molecule has 4 heteroatoms. The quantitative estimate of drug-likeness (QED) is 0.866. The second kappa shape index (κ2) is 5.71. The molecule has 1 aromatic carbocycles. The van der Waals surface area contributed by atoms with Crippen molar-refractivity contribution in [1.29, 1.82) is 0 Å². The maximum absolute atomic E-state index is 10.7. The lowest BCUT2D eigenvalue weighted by Crippen LogP contribution is -2.17. The van der Waals surface area contributed by atoms with Gasteiger partial charge in [0.2, 0.25) is 0 Å². The summed E-state index contributed by atoms with van der Waals surface area (Å²) in [6.45, 7) is 4.62. The van der Waals surface area contributed by atoms with Gasteiger partial charge in [0.15, 0.2) is 0 Å². The Bertz CT molecular complexity index is 557. The van der Waals surface area contributed by atoms with E-state index in [0.717, 1.165) is 0 Å². The fourth-order valence-electron chi connectivity index (χ4n) is 1.81. The number of carboxylic acids is 1. The second-order valence-corrected chi connectivity index (χ2v) is 4.62. The number of hydrogen-bond acceptors (Lipinski definition) is 3. The fraction of sp³-hybridized carbons (Fsp3) is 0.267. The molecule has 4 nitrogen and oxygen atoms in total. The van der Waals surface area contributed by atoms with Gasteiger partial charge in [0.25, 0.3) is 0 Å². The molecule has 0 fully saturated rings. The van der Waals surface area contributed by atoms with Crippen molar-refractivity contribution in [3.8, 4) is 0 Å². The van der Waals surface area contributed by atoms with Gasteiger partial charge in [0, 0.05) is 6.04 Å². The number of nitrogens with one attached hydrogen (secondary N) is 1. The van der Waals surface area contributed by atoms with Gasteiger partial charge in [-0.05, 0) is 25.5 Å². The monoisotopic (exact) mass is 259 g/mol. The van der Waals surface area contributed by atoms with E-state index < -0.39 is 5.97 Å². The third kappa shape index (κ3) is 3.45. The number of furan rings is 1. The molecule has 2 N–H and O–H groups in total. The van der Waals surface area contributed by atoms with Gasteiger partial charge in [0.05, 0.1) is 12.1 Å². The van der Waals surface area contributed by atoms with Crippen molar-refractivity contribution in [3.05, 3.63) is 59.0 Å². The molecule has 1 aromatic heterocycles. The first kappa shape index (κ1) is 13.4. The minimum atomic E-state index is -0.971. The number of benzene rings is 1. The van der Waals surface area contributed by atoms with E-state index in [0.29, 0.717) is 12.3 Å². The zero-order valence-corrected chi connectivity index (χ0v) is 11.0. The van der Waals surface area contributed by atoms with Crippen LogP contribution in [0.3, 0.4) is 0 Å². The van der Waals surface area contributed by atoms with Gasteiger partial charge in [-0.25, -0.2) is 4.79 Å². The molecule has 0 saturated heterocycles. The van der Waals surface area contributed by atoms with Gasteiger partial charge in [-0.3, -0.25) is 0 Å². The van der Waals surface area contributed by atoms with Crippen LogP contribution in [0, 0.1) is 6.92 Å². The second-order valence-electron chi connectivity index (χ2n) is 4.62. The van der Waals surface area contributed by atoms with E-state index in [2.05, 4.69) is 43.4 Å². The highest BCUT2D eigenvalue weighted by atomic mass is 16.4. The molecule has 2 aromatic rings. The SMILES string of the molecule is Cc1ccc(C(C)NCc2cc(C(=O)O)co2)cc1. The first-order valence-electron chi connectivity index (χ1n) is 6.17. The average molecular weight is 259 g/mol. The van der Waals surface area contributed by atoms with E-state index in [-0.39, 0.29) is 11.6 Å². The minimum Gasteiger partial charge on any atom is -0.478 e. The van der Waals surface area contributed by atoms with E-state index in [9.17, 15) is 4.79 Å². The van der Waals surface area contributed by atoms with E-state index in [1.54, 1.807) is 0 Å². The Hall–Kier alpha value is -2.07. The molecule has 0 amide bonds. The van der Waals surface area contributed by atoms with Gasteiger partial charge in [-0.1, -0.05) is 29.8 Å². The lowest BCUT2D eigenvalue weighted by atomic mass is 10.1. The van der Waals surface area contributed by atoms with Gasteiger partial charge >= 0.3 is 5.97 Å². The first-order valence-corrected chi connectivity index (χ1v) is 6.17. The van der Waals surface area contributed by atoms with Crippen LogP contribution in [-0.4, -0.2) is 11.1 Å². The summed E-state index contributed by atoms with van der Waals surface area (Å²) >= 11 is 0. The van der Waals surface area contributed by atoms with Crippen LogP contribution < -0.4 is 5.32 Å².